The van der Waals surface area contributed by atoms with Crippen LogP contribution in [-0.2, 0) is 4.74 Å². The van der Waals surface area contributed by atoms with Gasteiger partial charge in [0.25, 0.3) is 0 Å². The monoisotopic (exact) mass is 414 g/mol. The normalized spacial score (nSPS) is 44.2. The highest BCUT2D eigenvalue weighted by Crippen LogP contribution is 2.67. The average molecular weight is 415 g/mol. The van der Waals surface area contributed by atoms with E-state index in [0.29, 0.717) is 16.9 Å². The molecule has 0 heterocycles. The van der Waals surface area contributed by atoms with Crippen LogP contribution in [0.5, 0.6) is 0 Å². The third kappa shape index (κ3) is 3.95. The van der Waals surface area contributed by atoms with Crippen molar-refractivity contribution in [2.45, 2.75) is 118 Å². The summed E-state index contributed by atoms with van der Waals surface area (Å²) >= 11 is 0. The average Bonchev–Trinajstić information content (AvgIpc) is 3.05. The first kappa shape index (κ1) is 22.9. The minimum absolute atomic E-state index is 0.471. The number of hydrogen-bond donors (Lipinski definition) is 0. The quantitative estimate of drug-likeness (QED) is 0.380. The molecule has 0 amide bonds. The molecule has 0 bridgehead atoms. The summed E-state index contributed by atoms with van der Waals surface area (Å²) in [5, 5.41) is 0. The van der Waals surface area contributed by atoms with Crippen LogP contribution in [0.3, 0.4) is 0 Å². The van der Waals surface area contributed by atoms with Crippen LogP contribution in [0.1, 0.15) is 112 Å². The van der Waals surface area contributed by atoms with Crippen molar-refractivity contribution >= 4 is 0 Å². The van der Waals surface area contributed by atoms with Crippen LogP contribution in [0.15, 0.2) is 11.6 Å². The molecule has 1 heteroatoms. The maximum absolute atomic E-state index is 6.04. The van der Waals surface area contributed by atoms with Crippen LogP contribution < -0.4 is 0 Å². The van der Waals surface area contributed by atoms with Gasteiger partial charge in [0.2, 0.25) is 0 Å². The van der Waals surface area contributed by atoms with Crippen molar-refractivity contribution in [3.63, 3.8) is 0 Å². The number of hydrogen-bond acceptors (Lipinski definition) is 1. The van der Waals surface area contributed by atoms with Crippen molar-refractivity contribution in [2.24, 2.45) is 46.3 Å². The number of ether oxygens (including phenoxy) is 1. The highest BCUT2D eigenvalue weighted by Gasteiger charge is 2.59. The fourth-order valence-corrected chi connectivity index (χ4v) is 9.03. The van der Waals surface area contributed by atoms with E-state index in [0.717, 1.165) is 42.1 Å². The zero-order chi connectivity index (χ0) is 21.5. The molecular formula is C29H50O. The van der Waals surface area contributed by atoms with E-state index in [9.17, 15) is 0 Å². The molecule has 4 aliphatic rings. The Balaban J connectivity index is 1.47. The maximum atomic E-state index is 6.04. The van der Waals surface area contributed by atoms with Crippen LogP contribution in [0, 0.1) is 46.3 Å². The Morgan fingerprint density at radius 3 is 2.53 bits per heavy atom. The fourth-order valence-electron chi connectivity index (χ4n) is 9.03. The van der Waals surface area contributed by atoms with E-state index < -0.39 is 0 Å². The van der Waals surface area contributed by atoms with Crippen molar-refractivity contribution in [1.82, 2.24) is 0 Å². The standard InChI is InChI=1S/C29H50O/c1-7-30-23-15-17-28(5)22(19-23)11-12-24-26-14-13-25(21(4)10-8-9-20(2)3)29(26,6)18-16-27(24)28/h11,20-21,23-27H,7-10,12-19H2,1-6H3. The van der Waals surface area contributed by atoms with Gasteiger partial charge in [-0.3, -0.25) is 0 Å². The number of allylic oxidation sites excluding steroid dienone is 1. The molecule has 1 nitrogen and oxygen atoms in total. The van der Waals surface area contributed by atoms with Crippen LogP contribution in [-0.4, -0.2) is 12.7 Å². The van der Waals surface area contributed by atoms with E-state index in [1.165, 1.54) is 70.6 Å². The molecule has 4 aliphatic carbocycles. The molecule has 0 N–H and O–H groups in total. The Bertz CT molecular complexity index is 620. The second-order valence-corrected chi connectivity index (χ2v) is 12.6. The SMILES string of the molecule is CCOC1CCC2(C)C(=CCC3C2CCC2(C)C(C(C)CCCC(C)C)CCC32)C1. The fraction of sp³-hybridized carbons (Fsp3) is 0.931. The lowest BCUT2D eigenvalue weighted by molar-refractivity contribution is -0.0630. The Kier molecular flexibility index (Phi) is 6.80. The molecule has 30 heavy (non-hydrogen) atoms. The van der Waals surface area contributed by atoms with E-state index in [1.54, 1.807) is 5.57 Å². The van der Waals surface area contributed by atoms with E-state index in [-0.39, 0.29) is 0 Å². The summed E-state index contributed by atoms with van der Waals surface area (Å²) in [5.41, 5.74) is 2.86. The molecule has 0 aromatic heterocycles. The molecule has 0 saturated heterocycles. The Hall–Kier alpha value is -0.300. The minimum atomic E-state index is 0.471. The second kappa shape index (κ2) is 8.92. The molecule has 3 fully saturated rings. The van der Waals surface area contributed by atoms with Crippen molar-refractivity contribution in [1.29, 1.82) is 0 Å². The lowest BCUT2D eigenvalue weighted by Gasteiger charge is -2.58. The summed E-state index contributed by atoms with van der Waals surface area (Å²) in [6.45, 7) is 15.7. The third-order valence-electron chi connectivity index (χ3n) is 10.7. The molecule has 0 radical (unpaired) electrons. The van der Waals surface area contributed by atoms with Gasteiger partial charge in [0.05, 0.1) is 6.10 Å². The lowest BCUT2D eigenvalue weighted by atomic mass is 9.47. The zero-order valence-corrected chi connectivity index (χ0v) is 21.0. The van der Waals surface area contributed by atoms with Crippen LogP contribution in [0.2, 0.25) is 0 Å². The first-order chi connectivity index (χ1) is 14.3. The third-order valence-corrected chi connectivity index (χ3v) is 10.7. The van der Waals surface area contributed by atoms with Gasteiger partial charge in [0, 0.05) is 6.61 Å². The van der Waals surface area contributed by atoms with Gasteiger partial charge >= 0.3 is 0 Å². The Morgan fingerprint density at radius 2 is 1.80 bits per heavy atom. The summed E-state index contributed by atoms with van der Waals surface area (Å²) in [6, 6.07) is 0. The van der Waals surface area contributed by atoms with Gasteiger partial charge in [-0.25, -0.2) is 0 Å². The van der Waals surface area contributed by atoms with Crippen molar-refractivity contribution in [2.75, 3.05) is 6.61 Å². The molecule has 3 saturated carbocycles. The van der Waals surface area contributed by atoms with Gasteiger partial charge in [-0.1, -0.05) is 65.5 Å². The highest BCUT2D eigenvalue weighted by atomic mass is 16.5. The molecule has 4 rings (SSSR count). The predicted molar refractivity (Wildman–Crippen MR) is 128 cm³/mol. The molecule has 172 valence electrons. The topological polar surface area (TPSA) is 9.23 Å². The van der Waals surface area contributed by atoms with Gasteiger partial charge in [-0.2, -0.15) is 0 Å². The maximum Gasteiger partial charge on any atom is 0.0612 e. The first-order valence-corrected chi connectivity index (χ1v) is 13.6. The summed E-state index contributed by atoms with van der Waals surface area (Å²) in [6.07, 6.45) is 18.7. The molecule has 0 aromatic rings. The lowest BCUT2D eigenvalue weighted by Crippen LogP contribution is -2.51. The van der Waals surface area contributed by atoms with Gasteiger partial charge in [-0.05, 0) is 105 Å². The van der Waals surface area contributed by atoms with Gasteiger partial charge < -0.3 is 4.74 Å². The van der Waals surface area contributed by atoms with Crippen LogP contribution in [0.4, 0.5) is 0 Å². The summed E-state index contributed by atoms with van der Waals surface area (Å²) in [7, 11) is 0. The highest BCUT2D eigenvalue weighted by molar-refractivity contribution is 5.25. The van der Waals surface area contributed by atoms with Crippen molar-refractivity contribution in [3.8, 4) is 0 Å². The van der Waals surface area contributed by atoms with Gasteiger partial charge in [-0.15, -0.1) is 0 Å². The van der Waals surface area contributed by atoms with Gasteiger partial charge in [0.1, 0.15) is 0 Å². The van der Waals surface area contributed by atoms with E-state index in [2.05, 4.69) is 47.6 Å². The van der Waals surface area contributed by atoms with Crippen molar-refractivity contribution in [3.05, 3.63) is 11.6 Å². The summed E-state index contributed by atoms with van der Waals surface area (Å²) in [4.78, 5) is 0. The summed E-state index contributed by atoms with van der Waals surface area (Å²) in [5.74, 6) is 5.63. The largest absolute Gasteiger partial charge is 0.378 e. The molecule has 8 unspecified atom stereocenters. The smallest absolute Gasteiger partial charge is 0.0612 e. The zero-order valence-electron chi connectivity index (χ0n) is 21.0. The first-order valence-electron chi connectivity index (χ1n) is 13.6. The van der Waals surface area contributed by atoms with E-state index in [4.69, 9.17) is 4.74 Å². The number of fused-ring (bicyclic) bond motifs is 5. The minimum Gasteiger partial charge on any atom is -0.378 e. The molecule has 0 spiro atoms. The summed E-state index contributed by atoms with van der Waals surface area (Å²) < 4.78 is 6.04. The molecule has 0 aromatic carbocycles. The van der Waals surface area contributed by atoms with Crippen LogP contribution >= 0.6 is 0 Å². The molecule has 8 atom stereocenters. The number of rotatable bonds is 7. The van der Waals surface area contributed by atoms with Gasteiger partial charge in [0.15, 0.2) is 0 Å². The van der Waals surface area contributed by atoms with E-state index in [1.807, 2.05) is 0 Å². The Labute approximate surface area is 187 Å². The molecule has 0 aliphatic heterocycles. The predicted octanol–water partition coefficient (Wildman–Crippen LogP) is 8.43. The Morgan fingerprint density at radius 1 is 1.00 bits per heavy atom. The van der Waals surface area contributed by atoms with Crippen LogP contribution in [0.25, 0.3) is 0 Å². The van der Waals surface area contributed by atoms with Crippen molar-refractivity contribution < 1.29 is 4.74 Å². The second-order valence-electron chi connectivity index (χ2n) is 12.6. The van der Waals surface area contributed by atoms with E-state index >= 15 is 0 Å². The molecular weight excluding hydrogens is 364 g/mol.